The molecule has 9 aromatic rings. The van der Waals surface area contributed by atoms with Gasteiger partial charge in [0.25, 0.3) is 0 Å². The van der Waals surface area contributed by atoms with Gasteiger partial charge < -0.3 is 14.5 Å². The van der Waals surface area contributed by atoms with Gasteiger partial charge in [0.15, 0.2) is 0 Å². The Labute approximate surface area is 454 Å². The van der Waals surface area contributed by atoms with E-state index in [0.717, 1.165) is 39.4 Å². The van der Waals surface area contributed by atoms with Gasteiger partial charge in [0, 0.05) is 45.9 Å². The van der Waals surface area contributed by atoms with Crippen LogP contribution in [0, 0.1) is 0 Å². The largest absolute Gasteiger partial charge is 0.457 e. The van der Waals surface area contributed by atoms with Crippen molar-refractivity contribution in [1.29, 1.82) is 0 Å². The third kappa shape index (κ3) is 9.94. The van der Waals surface area contributed by atoms with E-state index < -0.39 is 0 Å². The quantitative estimate of drug-likeness (QED) is 0.152. The summed E-state index contributed by atoms with van der Waals surface area (Å²) in [7, 11) is 0. The molecule has 0 saturated carbocycles. The lowest BCUT2D eigenvalue weighted by Crippen LogP contribution is -2.27. The maximum atomic E-state index is 7.00. The minimum atomic E-state index is -0.278. The summed E-state index contributed by atoms with van der Waals surface area (Å²) in [5, 5.41) is 2.33. The van der Waals surface area contributed by atoms with Gasteiger partial charge in [-0.3, -0.25) is 4.57 Å². The van der Waals surface area contributed by atoms with E-state index in [4.69, 9.17) is 9.72 Å². The number of nitrogens with zero attached hydrogens (tertiary/aromatic N) is 4. The minimum Gasteiger partial charge on any atom is -0.457 e. The van der Waals surface area contributed by atoms with E-state index in [9.17, 15) is 0 Å². The third-order valence-electron chi connectivity index (χ3n) is 15.9. The molecule has 0 saturated heterocycles. The van der Waals surface area contributed by atoms with Crippen molar-refractivity contribution in [2.75, 3.05) is 16.5 Å². The molecule has 0 N–H and O–H groups in total. The van der Waals surface area contributed by atoms with Crippen molar-refractivity contribution in [3.63, 3.8) is 0 Å². The summed E-state index contributed by atoms with van der Waals surface area (Å²) < 4.78 is 9.32. The van der Waals surface area contributed by atoms with Crippen molar-refractivity contribution >= 4 is 44.6 Å². The van der Waals surface area contributed by atoms with Crippen LogP contribution in [0.4, 0.5) is 22.7 Å². The molecule has 0 atom stereocenters. The summed E-state index contributed by atoms with van der Waals surface area (Å²) in [6.07, 6.45) is 1.95. The van der Waals surface area contributed by atoms with E-state index in [0.29, 0.717) is 6.67 Å². The van der Waals surface area contributed by atoms with Crippen LogP contribution in [0.15, 0.2) is 164 Å². The average molecular weight is 1010 g/mol. The van der Waals surface area contributed by atoms with Crippen LogP contribution < -0.4 is 14.5 Å². The summed E-state index contributed by atoms with van der Waals surface area (Å²) >= 11 is 0. The van der Waals surface area contributed by atoms with E-state index in [-0.39, 0.29) is 32.5 Å². The average Bonchev–Trinajstić information content (AvgIpc) is 3.97. The van der Waals surface area contributed by atoms with Gasteiger partial charge in [-0.2, -0.15) is 0 Å². The molecule has 2 aromatic heterocycles. The van der Waals surface area contributed by atoms with Crippen molar-refractivity contribution in [3.8, 4) is 28.4 Å². The Kier molecular flexibility index (Phi) is 12.8. The number of aromatic nitrogens is 2. The number of ether oxygens (including phenoxy) is 1. The number of benzene rings is 7. The van der Waals surface area contributed by atoms with E-state index in [1.54, 1.807) is 0 Å². The number of rotatable bonds is 8. The number of pyridine rings is 1. The zero-order valence-electron chi connectivity index (χ0n) is 48.5. The molecule has 390 valence electrons. The normalized spacial score (nSPS) is 13.8. The first-order valence-electron chi connectivity index (χ1n) is 27.5. The predicted molar refractivity (Wildman–Crippen MR) is 325 cm³/mol. The van der Waals surface area contributed by atoms with Gasteiger partial charge >= 0.3 is 0 Å². The lowest BCUT2D eigenvalue weighted by Gasteiger charge is -2.33. The zero-order chi connectivity index (χ0) is 54.5. The third-order valence-corrected chi connectivity index (χ3v) is 15.9. The van der Waals surface area contributed by atoms with E-state index in [1.807, 2.05) is 6.20 Å². The van der Waals surface area contributed by atoms with Crippen LogP contribution >= 0.6 is 0 Å². The van der Waals surface area contributed by atoms with E-state index >= 15 is 0 Å². The van der Waals surface area contributed by atoms with Gasteiger partial charge in [-0.25, -0.2) is 4.98 Å². The van der Waals surface area contributed by atoms with E-state index in [2.05, 4.69) is 290 Å². The smallest absolute Gasteiger partial charge is 0.137 e. The zero-order valence-corrected chi connectivity index (χ0v) is 48.5. The Morgan fingerprint density at radius 1 is 0.395 bits per heavy atom. The lowest BCUT2D eigenvalue weighted by atomic mass is 9.76. The van der Waals surface area contributed by atoms with Crippen molar-refractivity contribution in [2.24, 2.45) is 0 Å². The topological polar surface area (TPSA) is 33.5 Å². The van der Waals surface area contributed by atoms with Crippen LogP contribution in [0.2, 0.25) is 0 Å². The van der Waals surface area contributed by atoms with Crippen LogP contribution in [-0.4, -0.2) is 16.2 Å². The Bertz CT molecular complexity index is 3590. The van der Waals surface area contributed by atoms with Gasteiger partial charge in [-0.05, 0) is 144 Å². The van der Waals surface area contributed by atoms with Crippen molar-refractivity contribution < 1.29 is 4.74 Å². The first-order valence-corrected chi connectivity index (χ1v) is 27.5. The summed E-state index contributed by atoms with van der Waals surface area (Å²) in [6, 6.07) is 58.8. The van der Waals surface area contributed by atoms with Crippen molar-refractivity contribution in [3.05, 3.63) is 203 Å². The fourth-order valence-corrected chi connectivity index (χ4v) is 10.9. The molecular formula is C71H80N4O. The second kappa shape index (κ2) is 18.6. The second-order valence-corrected chi connectivity index (χ2v) is 27.2. The molecule has 5 nitrogen and oxygen atoms in total. The number of fused-ring (bicyclic) bond motifs is 4. The summed E-state index contributed by atoms with van der Waals surface area (Å²) in [5.41, 5.74) is 18.0. The van der Waals surface area contributed by atoms with Gasteiger partial charge in [0.05, 0.1) is 22.4 Å². The van der Waals surface area contributed by atoms with Crippen molar-refractivity contribution in [1.82, 2.24) is 9.55 Å². The monoisotopic (exact) mass is 1000 g/mol. The van der Waals surface area contributed by atoms with Crippen LogP contribution in [0.25, 0.3) is 38.8 Å². The lowest BCUT2D eigenvalue weighted by molar-refractivity contribution is 0.483. The molecule has 1 aliphatic heterocycles. The Hall–Kier alpha value is -7.11. The van der Waals surface area contributed by atoms with E-state index in [1.165, 1.54) is 72.5 Å². The molecule has 76 heavy (non-hydrogen) atoms. The fraction of sp³-hybridized carbons (Fsp3) is 0.338. The SMILES string of the molecule is CC(C)(C)c1cc(-c2ccc3c(c2)c2ccc(Oc4cccc(N5CN(c6cc(C(C)(C)C)cc(C(C)(C)C)c6)c6c5cccc6C(C)(C)c5ccccc5)c4)cc2n3-c2cc(C(C)(C)C)ccn2)cc(C(C)(C)C)c1. The summed E-state index contributed by atoms with van der Waals surface area (Å²) in [6.45, 7) is 39.9. The molecule has 5 heteroatoms. The summed E-state index contributed by atoms with van der Waals surface area (Å²) in [4.78, 5) is 10.1. The highest BCUT2D eigenvalue weighted by atomic mass is 16.5. The number of hydrogen-bond donors (Lipinski definition) is 0. The predicted octanol–water partition coefficient (Wildman–Crippen LogP) is 19.7. The highest BCUT2D eigenvalue weighted by molar-refractivity contribution is 6.10. The van der Waals surface area contributed by atoms with Crippen LogP contribution in [0.3, 0.4) is 0 Å². The molecule has 0 bridgehead atoms. The maximum absolute atomic E-state index is 7.00. The first-order chi connectivity index (χ1) is 35.6. The molecule has 0 aliphatic carbocycles. The number of para-hydroxylation sites is 1. The molecule has 0 unspecified atom stereocenters. The molecule has 10 rings (SSSR count). The molecule has 1 aliphatic rings. The standard InChI is InChI=1S/C71H80N4O/c1-66(2,3)49-33-34-72-64(42-49)75-61-32-29-46(47-35-50(67(4,5)6)38-51(36-47)68(7,8)9)37-59(61)58-31-30-57(44-63(58)75)76-56-26-21-25-54(43-56)73-45-74(55-40-52(69(10,11)12)39-53(41-55)70(13,14)15)65-60(27-22-28-62(65)73)71(16,17)48-23-19-18-20-24-48/h18-44H,45H2,1-17H3. The molecular weight excluding hydrogens is 925 g/mol. The highest BCUT2D eigenvalue weighted by Gasteiger charge is 2.37. The van der Waals surface area contributed by atoms with Gasteiger partial charge in [0.2, 0.25) is 0 Å². The molecule has 7 aromatic carbocycles. The molecule has 3 heterocycles. The van der Waals surface area contributed by atoms with Crippen LogP contribution in [0.5, 0.6) is 11.5 Å². The molecule has 0 radical (unpaired) electrons. The Morgan fingerprint density at radius 3 is 1.61 bits per heavy atom. The van der Waals surface area contributed by atoms with Crippen LogP contribution in [-0.2, 0) is 32.5 Å². The Morgan fingerprint density at radius 2 is 0.987 bits per heavy atom. The maximum Gasteiger partial charge on any atom is 0.137 e. The Balaban J connectivity index is 1.09. The number of hydrogen-bond acceptors (Lipinski definition) is 4. The first kappa shape index (κ1) is 52.3. The minimum absolute atomic E-state index is 0.00742. The highest BCUT2D eigenvalue weighted by Crippen LogP contribution is 2.52. The summed E-state index contributed by atoms with van der Waals surface area (Å²) in [5.74, 6) is 2.42. The number of anilines is 4. The molecule has 0 spiro atoms. The second-order valence-electron chi connectivity index (χ2n) is 27.2. The van der Waals surface area contributed by atoms with Gasteiger partial charge in [-0.15, -0.1) is 0 Å². The fourth-order valence-electron chi connectivity index (χ4n) is 10.9. The van der Waals surface area contributed by atoms with Crippen LogP contribution in [0.1, 0.15) is 157 Å². The van der Waals surface area contributed by atoms with Gasteiger partial charge in [0.1, 0.15) is 24.0 Å². The van der Waals surface area contributed by atoms with Gasteiger partial charge in [-0.1, -0.05) is 197 Å². The molecule has 0 fully saturated rings. The molecule has 0 amide bonds. The van der Waals surface area contributed by atoms with Crippen molar-refractivity contribution in [2.45, 2.75) is 150 Å².